The van der Waals surface area contributed by atoms with Gasteiger partial charge >= 0.3 is 0 Å². The van der Waals surface area contributed by atoms with Crippen molar-refractivity contribution >= 4 is 6.71 Å². The highest BCUT2D eigenvalue weighted by Crippen LogP contribution is 2.70. The van der Waals surface area contributed by atoms with E-state index < -0.39 is 0 Å². The van der Waals surface area contributed by atoms with Crippen LogP contribution in [0.15, 0.2) is 12.2 Å². The van der Waals surface area contributed by atoms with Gasteiger partial charge < -0.3 is 0 Å². The van der Waals surface area contributed by atoms with Gasteiger partial charge in [-0.1, -0.05) is 84.6 Å². The summed E-state index contributed by atoms with van der Waals surface area (Å²) < 4.78 is 0. The molecule has 0 aliphatic heterocycles. The molecule has 0 nitrogen and oxygen atoms in total. The molecule has 0 spiro atoms. The SMILES string of the molecule is C[C@@H]1C(B(C2C[C@H]3C[C@@H]([C@@H]2C)C3(C)C)[C@@H]2C=CCCC2)C[C@H]2C[C@@H]1C2(C)C. The summed E-state index contributed by atoms with van der Waals surface area (Å²) in [6.45, 7) is 16.6. The molecule has 0 saturated heterocycles. The van der Waals surface area contributed by atoms with Crippen LogP contribution in [0.4, 0.5) is 0 Å². The molecular weight excluding hydrogens is 323 g/mol. The van der Waals surface area contributed by atoms with Gasteiger partial charge in [0, 0.05) is 0 Å². The van der Waals surface area contributed by atoms with Crippen LogP contribution in [0, 0.1) is 46.3 Å². The first kappa shape index (κ1) is 18.8. The summed E-state index contributed by atoms with van der Waals surface area (Å²) in [6, 6.07) is 0. The molecule has 6 fully saturated rings. The van der Waals surface area contributed by atoms with Crippen LogP contribution in [0.1, 0.15) is 86.5 Å². The van der Waals surface area contributed by atoms with Gasteiger partial charge in [-0.15, -0.1) is 0 Å². The van der Waals surface area contributed by atoms with Gasteiger partial charge in [-0.25, -0.2) is 0 Å². The van der Waals surface area contributed by atoms with Crippen LogP contribution in [-0.2, 0) is 0 Å². The molecule has 7 aliphatic carbocycles. The van der Waals surface area contributed by atoms with Crippen molar-refractivity contribution in [2.45, 2.75) is 104 Å². The largest absolute Gasteiger partial charge is 0.154 e. The first-order valence-electron chi connectivity index (χ1n) is 12.4. The predicted molar refractivity (Wildman–Crippen MR) is 118 cm³/mol. The normalized spacial score (nSPS) is 51.9. The third-order valence-corrected chi connectivity index (χ3v) is 11.6. The van der Waals surface area contributed by atoms with Crippen LogP contribution in [0.25, 0.3) is 0 Å². The average Bonchev–Trinajstić information content (AvgIpc) is 2.64. The molecule has 1 heteroatoms. The molecule has 27 heavy (non-hydrogen) atoms. The van der Waals surface area contributed by atoms with E-state index in [4.69, 9.17) is 0 Å². The van der Waals surface area contributed by atoms with E-state index in [0.717, 1.165) is 59.7 Å². The first-order chi connectivity index (χ1) is 12.7. The Morgan fingerprint density at radius 1 is 0.778 bits per heavy atom. The molecule has 7 aliphatic rings. The summed E-state index contributed by atoms with van der Waals surface area (Å²) in [7, 11) is 0. The molecule has 150 valence electrons. The highest BCUT2D eigenvalue weighted by atomic mass is 14.6. The van der Waals surface area contributed by atoms with Gasteiger partial charge in [-0.3, -0.25) is 0 Å². The topological polar surface area (TPSA) is 0 Å². The van der Waals surface area contributed by atoms with Crippen LogP contribution in [0.2, 0.25) is 17.5 Å². The minimum absolute atomic E-state index is 0.630. The van der Waals surface area contributed by atoms with Gasteiger partial charge in [0.1, 0.15) is 0 Å². The Hall–Kier alpha value is -0.195. The Kier molecular flexibility index (Phi) is 4.29. The van der Waals surface area contributed by atoms with Gasteiger partial charge in [-0.05, 0) is 77.8 Å². The van der Waals surface area contributed by atoms with Crippen LogP contribution < -0.4 is 0 Å². The fraction of sp³-hybridized carbons (Fsp3) is 0.923. The smallest absolute Gasteiger partial charge is 0.0926 e. The standard InChI is InChI=1S/C26H43B/c1-16-21-12-18(25(21,3)4)14-23(16)27(20-10-8-7-9-11-20)24-15-19-13-22(17(24)2)26(19,5)6/h8,10,16-24H,7,9,11-15H2,1-6H3/t16-,17-,18+,19+,20+,21-,22-,23?,24?/m0/s1. The van der Waals surface area contributed by atoms with Crippen molar-refractivity contribution in [3.63, 3.8) is 0 Å². The second-order valence-electron chi connectivity index (χ2n) is 12.8. The monoisotopic (exact) mass is 366 g/mol. The van der Waals surface area contributed by atoms with E-state index in [1.807, 2.05) is 0 Å². The highest BCUT2D eigenvalue weighted by molar-refractivity contribution is 6.64. The lowest BCUT2D eigenvalue weighted by molar-refractivity contribution is -0.107. The third-order valence-electron chi connectivity index (χ3n) is 11.6. The van der Waals surface area contributed by atoms with E-state index in [9.17, 15) is 0 Å². The van der Waals surface area contributed by atoms with Crippen molar-refractivity contribution in [1.82, 2.24) is 0 Å². The van der Waals surface area contributed by atoms with Gasteiger partial charge in [0.2, 0.25) is 0 Å². The first-order valence-corrected chi connectivity index (χ1v) is 12.4. The van der Waals surface area contributed by atoms with Crippen LogP contribution in [-0.4, -0.2) is 6.71 Å². The Balaban J connectivity index is 1.44. The summed E-state index contributed by atoms with van der Waals surface area (Å²) in [4.78, 5) is 0. The summed E-state index contributed by atoms with van der Waals surface area (Å²) in [6.07, 6.45) is 15.6. The zero-order valence-corrected chi connectivity index (χ0v) is 18.9. The van der Waals surface area contributed by atoms with Crippen molar-refractivity contribution < 1.29 is 0 Å². The molecule has 0 N–H and O–H groups in total. The molecule has 0 heterocycles. The minimum atomic E-state index is 0.630. The molecule has 0 radical (unpaired) electrons. The molecule has 2 unspecified atom stereocenters. The van der Waals surface area contributed by atoms with Crippen LogP contribution >= 0.6 is 0 Å². The zero-order valence-electron chi connectivity index (χ0n) is 18.9. The van der Waals surface area contributed by atoms with Gasteiger partial charge in [-0.2, -0.15) is 0 Å². The minimum Gasteiger partial charge on any atom is -0.0926 e. The number of hydrogen-bond donors (Lipinski definition) is 0. The van der Waals surface area contributed by atoms with Crippen molar-refractivity contribution in [3.05, 3.63) is 12.2 Å². The number of rotatable bonds is 3. The lowest BCUT2D eigenvalue weighted by Crippen LogP contribution is -2.60. The molecule has 9 atom stereocenters. The quantitative estimate of drug-likeness (QED) is 0.354. The van der Waals surface area contributed by atoms with Crippen molar-refractivity contribution in [2.75, 3.05) is 0 Å². The molecule has 7 rings (SSSR count). The van der Waals surface area contributed by atoms with Crippen LogP contribution in [0.5, 0.6) is 0 Å². The van der Waals surface area contributed by atoms with E-state index in [0.29, 0.717) is 10.8 Å². The molecule has 4 bridgehead atoms. The molecule has 0 aromatic rings. The van der Waals surface area contributed by atoms with E-state index in [1.165, 1.54) is 32.1 Å². The maximum atomic E-state index is 2.68. The molecule has 0 aromatic heterocycles. The number of fused-ring (bicyclic) bond motifs is 4. The van der Waals surface area contributed by atoms with Gasteiger partial charge in [0.15, 0.2) is 6.71 Å². The molecular formula is C26H43B. The van der Waals surface area contributed by atoms with E-state index in [1.54, 1.807) is 12.8 Å². The Bertz CT molecular complexity index is 574. The van der Waals surface area contributed by atoms with E-state index in [-0.39, 0.29) is 0 Å². The maximum absolute atomic E-state index is 2.68. The summed E-state index contributed by atoms with van der Waals surface area (Å²) >= 11 is 0. The fourth-order valence-electron chi connectivity index (χ4n) is 9.51. The Morgan fingerprint density at radius 2 is 1.30 bits per heavy atom. The number of allylic oxidation sites excluding steroid dienone is 2. The lowest BCUT2D eigenvalue weighted by atomic mass is 9.17. The molecule has 0 aromatic carbocycles. The third kappa shape index (κ3) is 2.54. The summed E-state index contributed by atoms with van der Waals surface area (Å²) in [5.74, 6) is 8.83. The highest BCUT2D eigenvalue weighted by Gasteiger charge is 2.63. The molecule has 6 saturated carbocycles. The van der Waals surface area contributed by atoms with Crippen molar-refractivity contribution in [2.24, 2.45) is 46.3 Å². The van der Waals surface area contributed by atoms with Crippen molar-refractivity contribution in [3.8, 4) is 0 Å². The number of hydrogen-bond acceptors (Lipinski definition) is 0. The summed E-state index contributed by atoms with van der Waals surface area (Å²) in [5.41, 5.74) is 1.26. The second kappa shape index (κ2) is 6.15. The average molecular weight is 366 g/mol. The van der Waals surface area contributed by atoms with Crippen molar-refractivity contribution in [1.29, 1.82) is 0 Å². The maximum Gasteiger partial charge on any atom is 0.154 e. The van der Waals surface area contributed by atoms with Crippen LogP contribution in [0.3, 0.4) is 0 Å². The Morgan fingerprint density at radius 3 is 1.67 bits per heavy atom. The van der Waals surface area contributed by atoms with E-state index >= 15 is 0 Å². The van der Waals surface area contributed by atoms with Gasteiger partial charge in [0.25, 0.3) is 0 Å². The zero-order chi connectivity index (χ0) is 19.1. The van der Waals surface area contributed by atoms with Gasteiger partial charge in [0.05, 0.1) is 0 Å². The molecule has 0 amide bonds. The summed E-state index contributed by atoms with van der Waals surface area (Å²) in [5, 5.41) is 0. The Labute approximate surface area is 169 Å². The predicted octanol–water partition coefficient (Wildman–Crippen LogP) is 7.74. The fourth-order valence-corrected chi connectivity index (χ4v) is 9.51. The second-order valence-corrected chi connectivity index (χ2v) is 12.8. The lowest BCUT2D eigenvalue weighted by Gasteiger charge is -2.67. The van der Waals surface area contributed by atoms with E-state index in [2.05, 4.69) is 53.7 Å².